The van der Waals surface area contributed by atoms with E-state index >= 15 is 0 Å². The van der Waals surface area contributed by atoms with Crippen LogP contribution in [0.4, 0.5) is 11.4 Å². The van der Waals surface area contributed by atoms with Crippen LogP contribution in [0.5, 0.6) is 0 Å². The molecule has 1 atom stereocenters. The zero-order valence-electron chi connectivity index (χ0n) is 21.8. The molecule has 0 aliphatic carbocycles. The van der Waals surface area contributed by atoms with Crippen LogP contribution in [0.25, 0.3) is 21.8 Å². The number of aromatic nitrogens is 1. The molecular weight excluding hydrogens is 518 g/mol. The third-order valence-corrected chi connectivity index (χ3v) is 8.04. The van der Waals surface area contributed by atoms with Crippen molar-refractivity contribution in [2.24, 2.45) is 0 Å². The Bertz CT molecular complexity index is 1810. The first-order valence-electron chi connectivity index (χ1n) is 13.1. The molecule has 6 rings (SSSR count). The van der Waals surface area contributed by atoms with Crippen LogP contribution in [0.1, 0.15) is 28.3 Å². The van der Waals surface area contributed by atoms with Gasteiger partial charge < -0.3 is 19.6 Å². The highest BCUT2D eigenvalue weighted by atomic mass is 32.2. The van der Waals surface area contributed by atoms with Crippen LogP contribution >= 0.6 is 11.8 Å². The Morgan fingerprint density at radius 3 is 2.35 bits per heavy atom. The number of benzene rings is 4. The summed E-state index contributed by atoms with van der Waals surface area (Å²) in [5.41, 5.74) is 4.58. The van der Waals surface area contributed by atoms with Gasteiger partial charge in [-0.05, 0) is 67.1 Å². The zero-order chi connectivity index (χ0) is 27.5. The molecule has 2 aromatic heterocycles. The summed E-state index contributed by atoms with van der Waals surface area (Å²) in [6, 6.07) is 34.9. The lowest BCUT2D eigenvalue weighted by Crippen LogP contribution is -2.19. The number of thioether (sulfide) groups is 1. The minimum atomic E-state index is -0.509. The molecule has 2 heterocycles. The molecule has 0 fully saturated rings. The molecule has 6 nitrogen and oxygen atoms in total. The second-order valence-corrected chi connectivity index (χ2v) is 10.5. The van der Waals surface area contributed by atoms with E-state index in [9.17, 15) is 9.59 Å². The third-order valence-electron chi connectivity index (χ3n) is 6.79. The molecular formula is C33H27N3O3S. The van der Waals surface area contributed by atoms with Gasteiger partial charge in [0.05, 0.1) is 6.26 Å². The summed E-state index contributed by atoms with van der Waals surface area (Å²) in [6.07, 6.45) is 1.46. The Labute approximate surface area is 236 Å². The highest BCUT2D eigenvalue weighted by Crippen LogP contribution is 2.38. The predicted molar refractivity (Wildman–Crippen MR) is 162 cm³/mol. The fourth-order valence-electron chi connectivity index (χ4n) is 4.96. The van der Waals surface area contributed by atoms with Crippen LogP contribution < -0.4 is 10.6 Å². The molecule has 7 heteroatoms. The van der Waals surface area contributed by atoms with Gasteiger partial charge in [-0.15, -0.1) is 11.8 Å². The number of nitrogens with one attached hydrogen (secondary N) is 2. The van der Waals surface area contributed by atoms with Gasteiger partial charge in [0, 0.05) is 44.6 Å². The quantitative estimate of drug-likeness (QED) is 0.189. The van der Waals surface area contributed by atoms with Gasteiger partial charge in [-0.2, -0.15) is 0 Å². The van der Waals surface area contributed by atoms with Crippen molar-refractivity contribution in [1.82, 2.24) is 4.57 Å². The molecule has 0 spiro atoms. The molecule has 0 radical (unpaired) electrons. The maximum atomic E-state index is 13.8. The average Bonchev–Trinajstić information content (AvgIpc) is 3.63. The third kappa shape index (κ3) is 5.11. The number of carbonyl (C=O) groups is 2. The van der Waals surface area contributed by atoms with Gasteiger partial charge in [0.1, 0.15) is 5.25 Å². The van der Waals surface area contributed by atoms with E-state index < -0.39 is 5.25 Å². The number of para-hydroxylation sites is 1. The Balaban J connectivity index is 1.27. The molecule has 198 valence electrons. The molecule has 0 saturated carbocycles. The topological polar surface area (TPSA) is 76.3 Å². The largest absolute Gasteiger partial charge is 0.459 e. The standard InChI is InChI=1S/C33H27N3O3S/c1-2-36-28-15-7-6-14-26(28)27-21-24(17-18-29(27)36)35-33(38)31(22-10-4-3-5-11-22)40-25-13-8-12-23(20-25)34-32(37)30-16-9-19-39-30/h3-21,31H,2H2,1H3,(H,34,37)(H,35,38). The van der Waals surface area contributed by atoms with Gasteiger partial charge in [0.2, 0.25) is 5.91 Å². The highest BCUT2D eigenvalue weighted by molar-refractivity contribution is 8.00. The maximum absolute atomic E-state index is 13.8. The Hall–Kier alpha value is -4.75. The van der Waals surface area contributed by atoms with E-state index in [0.717, 1.165) is 39.0 Å². The number of carbonyl (C=O) groups excluding carboxylic acids is 2. The van der Waals surface area contributed by atoms with Crippen LogP contribution in [-0.4, -0.2) is 16.4 Å². The Morgan fingerprint density at radius 1 is 0.775 bits per heavy atom. The molecule has 2 N–H and O–H groups in total. The summed E-state index contributed by atoms with van der Waals surface area (Å²) in [5.74, 6) is -0.220. The number of fused-ring (bicyclic) bond motifs is 3. The normalized spacial score (nSPS) is 11.9. The number of aryl methyl sites for hydroxylation is 1. The fourth-order valence-corrected chi connectivity index (χ4v) is 6.05. The SMILES string of the molecule is CCn1c2ccccc2c2cc(NC(=O)C(Sc3cccc(NC(=O)c4ccco4)c3)c3ccccc3)ccc21. The van der Waals surface area contributed by atoms with Crippen molar-refractivity contribution in [3.8, 4) is 0 Å². The van der Waals surface area contributed by atoms with Crippen molar-refractivity contribution in [2.75, 3.05) is 10.6 Å². The molecule has 1 unspecified atom stereocenters. The summed E-state index contributed by atoms with van der Waals surface area (Å²) in [5, 5.41) is 7.78. The zero-order valence-corrected chi connectivity index (χ0v) is 22.7. The number of nitrogens with zero attached hydrogens (tertiary/aromatic N) is 1. The lowest BCUT2D eigenvalue weighted by atomic mass is 10.1. The second-order valence-electron chi connectivity index (χ2n) is 9.35. The number of anilines is 2. The van der Waals surface area contributed by atoms with Gasteiger partial charge in [0.25, 0.3) is 5.91 Å². The number of furan rings is 1. The van der Waals surface area contributed by atoms with Crippen molar-refractivity contribution in [2.45, 2.75) is 23.6 Å². The lowest BCUT2D eigenvalue weighted by Gasteiger charge is -2.18. The summed E-state index contributed by atoms with van der Waals surface area (Å²) < 4.78 is 7.48. The Kier molecular flexibility index (Phi) is 7.12. The van der Waals surface area contributed by atoms with Crippen LogP contribution in [0.2, 0.25) is 0 Å². The summed E-state index contributed by atoms with van der Waals surface area (Å²) in [4.78, 5) is 27.1. The van der Waals surface area contributed by atoms with Gasteiger partial charge in [-0.1, -0.05) is 54.6 Å². The van der Waals surface area contributed by atoms with Gasteiger partial charge in [0.15, 0.2) is 5.76 Å². The Morgan fingerprint density at radius 2 is 1.55 bits per heavy atom. The predicted octanol–water partition coefficient (Wildman–Crippen LogP) is 8.13. The van der Waals surface area contributed by atoms with Crippen molar-refractivity contribution < 1.29 is 14.0 Å². The average molecular weight is 546 g/mol. The molecule has 2 amide bonds. The van der Waals surface area contributed by atoms with Crippen molar-refractivity contribution >= 4 is 56.8 Å². The summed E-state index contributed by atoms with van der Waals surface area (Å²) in [6.45, 7) is 3.00. The van der Waals surface area contributed by atoms with Gasteiger partial charge in [-0.3, -0.25) is 9.59 Å². The van der Waals surface area contributed by atoms with Crippen LogP contribution in [0, 0.1) is 0 Å². The van der Waals surface area contributed by atoms with E-state index in [1.165, 1.54) is 23.5 Å². The van der Waals surface area contributed by atoms with E-state index in [2.05, 4.69) is 52.5 Å². The second kappa shape index (κ2) is 11.2. The summed E-state index contributed by atoms with van der Waals surface area (Å²) >= 11 is 1.43. The van der Waals surface area contributed by atoms with Crippen LogP contribution in [0.15, 0.2) is 125 Å². The molecule has 0 aliphatic heterocycles. The molecule has 40 heavy (non-hydrogen) atoms. The monoisotopic (exact) mass is 545 g/mol. The molecule has 0 aliphatic rings. The minimum absolute atomic E-state index is 0.125. The lowest BCUT2D eigenvalue weighted by molar-refractivity contribution is -0.115. The molecule has 4 aromatic carbocycles. The van der Waals surface area contributed by atoms with Crippen molar-refractivity contribution in [3.63, 3.8) is 0 Å². The smallest absolute Gasteiger partial charge is 0.291 e. The summed E-state index contributed by atoms with van der Waals surface area (Å²) in [7, 11) is 0. The minimum Gasteiger partial charge on any atom is -0.459 e. The number of hydrogen-bond acceptors (Lipinski definition) is 4. The molecule has 0 saturated heterocycles. The number of rotatable bonds is 8. The molecule has 0 bridgehead atoms. The number of amides is 2. The van der Waals surface area contributed by atoms with Gasteiger partial charge >= 0.3 is 0 Å². The maximum Gasteiger partial charge on any atom is 0.291 e. The van der Waals surface area contributed by atoms with Crippen LogP contribution in [-0.2, 0) is 11.3 Å². The van der Waals surface area contributed by atoms with E-state index in [-0.39, 0.29) is 17.6 Å². The first kappa shape index (κ1) is 25.5. The van der Waals surface area contributed by atoms with Gasteiger partial charge in [-0.25, -0.2) is 0 Å². The van der Waals surface area contributed by atoms with E-state index in [1.807, 2.05) is 66.7 Å². The van der Waals surface area contributed by atoms with Crippen molar-refractivity contribution in [3.05, 3.63) is 127 Å². The number of hydrogen-bond donors (Lipinski definition) is 2. The highest BCUT2D eigenvalue weighted by Gasteiger charge is 2.23. The molecule has 6 aromatic rings. The van der Waals surface area contributed by atoms with Crippen molar-refractivity contribution in [1.29, 1.82) is 0 Å². The van der Waals surface area contributed by atoms with E-state index in [1.54, 1.807) is 12.1 Å². The first-order valence-corrected chi connectivity index (χ1v) is 14.0. The first-order chi connectivity index (χ1) is 19.6. The van der Waals surface area contributed by atoms with Crippen LogP contribution in [0.3, 0.4) is 0 Å². The van der Waals surface area contributed by atoms with E-state index in [0.29, 0.717) is 5.69 Å². The fraction of sp³-hybridized carbons (Fsp3) is 0.0909. The van der Waals surface area contributed by atoms with E-state index in [4.69, 9.17) is 4.42 Å².